The van der Waals surface area contributed by atoms with Gasteiger partial charge in [0.2, 0.25) is 0 Å². The van der Waals surface area contributed by atoms with E-state index in [-0.39, 0.29) is 5.91 Å². The van der Waals surface area contributed by atoms with Crippen molar-refractivity contribution in [1.29, 1.82) is 0 Å². The number of nitrogen functional groups attached to an aromatic ring is 1. The molecule has 0 unspecified atom stereocenters. The highest BCUT2D eigenvalue weighted by molar-refractivity contribution is 5.96. The Morgan fingerprint density at radius 2 is 2.06 bits per heavy atom. The highest BCUT2D eigenvalue weighted by Crippen LogP contribution is 2.16. The smallest absolute Gasteiger partial charge is 0.254 e. The van der Waals surface area contributed by atoms with E-state index in [2.05, 4.69) is 0 Å². The van der Waals surface area contributed by atoms with Crippen LogP contribution in [-0.2, 0) is 0 Å². The maximum atomic E-state index is 12.4. The molecule has 0 aliphatic heterocycles. The lowest BCUT2D eigenvalue weighted by atomic mass is 10.0. The molecular weight excluding hydrogens is 228 g/mol. The Labute approximate surface area is 108 Å². The maximum absolute atomic E-state index is 12.4. The lowest BCUT2D eigenvalue weighted by molar-refractivity contribution is 0.0314. The van der Waals surface area contributed by atoms with Crippen molar-refractivity contribution in [3.05, 3.63) is 29.3 Å². The number of amides is 1. The molecule has 18 heavy (non-hydrogen) atoms. The fraction of sp³-hybridized carbons (Fsp3) is 0.500. The van der Waals surface area contributed by atoms with Gasteiger partial charge in [-0.25, -0.2) is 0 Å². The Morgan fingerprint density at radius 3 is 2.56 bits per heavy atom. The molecular formula is C14H22N2O2. The largest absolute Gasteiger partial charge is 0.399 e. The number of rotatable bonds is 4. The van der Waals surface area contributed by atoms with E-state index in [1.807, 2.05) is 19.9 Å². The first-order valence-electron chi connectivity index (χ1n) is 6.12. The van der Waals surface area contributed by atoms with Crippen LogP contribution in [0, 0.1) is 6.92 Å². The normalized spacial score (nSPS) is 11.4. The van der Waals surface area contributed by atoms with Crippen molar-refractivity contribution >= 4 is 11.6 Å². The van der Waals surface area contributed by atoms with Crippen LogP contribution in [0.25, 0.3) is 0 Å². The zero-order valence-corrected chi connectivity index (χ0v) is 11.5. The van der Waals surface area contributed by atoms with Gasteiger partial charge < -0.3 is 15.7 Å². The van der Waals surface area contributed by atoms with Crippen LogP contribution in [0.15, 0.2) is 18.2 Å². The first-order valence-corrected chi connectivity index (χ1v) is 6.12. The number of hydrogen-bond donors (Lipinski definition) is 2. The van der Waals surface area contributed by atoms with E-state index in [0.29, 0.717) is 24.3 Å². The lowest BCUT2D eigenvalue weighted by Crippen LogP contribution is -2.42. The molecule has 0 aliphatic carbocycles. The molecule has 1 amide bonds. The molecule has 0 radical (unpaired) electrons. The minimum absolute atomic E-state index is 0.0931. The predicted octanol–water partition coefficient (Wildman–Crippen LogP) is 1.81. The van der Waals surface area contributed by atoms with Crippen LogP contribution in [0.1, 0.15) is 36.7 Å². The van der Waals surface area contributed by atoms with Gasteiger partial charge in [-0.05, 0) is 45.4 Å². The molecule has 0 atom stereocenters. The molecule has 3 N–H and O–H groups in total. The molecule has 0 bridgehead atoms. The summed E-state index contributed by atoms with van der Waals surface area (Å²) in [6.45, 7) is 8.01. The zero-order chi connectivity index (χ0) is 13.9. The van der Waals surface area contributed by atoms with Crippen molar-refractivity contribution < 1.29 is 9.90 Å². The summed E-state index contributed by atoms with van der Waals surface area (Å²) >= 11 is 0. The van der Waals surface area contributed by atoms with Gasteiger partial charge in [0.05, 0.1) is 5.60 Å². The predicted molar refractivity (Wildman–Crippen MR) is 73.5 cm³/mol. The molecule has 4 heteroatoms. The van der Waals surface area contributed by atoms with Crippen LogP contribution in [0.4, 0.5) is 5.69 Å². The summed E-state index contributed by atoms with van der Waals surface area (Å²) < 4.78 is 0. The lowest BCUT2D eigenvalue weighted by Gasteiger charge is -2.28. The SMILES string of the molecule is CCN(CC(C)(C)O)C(=O)c1cc(N)ccc1C. The Bertz CT molecular complexity index is 436. The van der Waals surface area contributed by atoms with E-state index >= 15 is 0 Å². The van der Waals surface area contributed by atoms with Gasteiger partial charge in [-0.15, -0.1) is 0 Å². The monoisotopic (exact) mass is 250 g/mol. The van der Waals surface area contributed by atoms with Crippen molar-refractivity contribution in [2.45, 2.75) is 33.3 Å². The first-order chi connectivity index (χ1) is 8.24. The van der Waals surface area contributed by atoms with Gasteiger partial charge in [0.1, 0.15) is 0 Å². The number of anilines is 1. The summed E-state index contributed by atoms with van der Waals surface area (Å²) in [6, 6.07) is 5.30. The molecule has 1 rings (SSSR count). The Hall–Kier alpha value is -1.55. The number of aryl methyl sites for hydroxylation is 1. The summed E-state index contributed by atoms with van der Waals surface area (Å²) in [6.07, 6.45) is 0. The van der Waals surface area contributed by atoms with E-state index in [0.717, 1.165) is 5.56 Å². The van der Waals surface area contributed by atoms with Crippen LogP contribution >= 0.6 is 0 Å². The quantitative estimate of drug-likeness (QED) is 0.801. The van der Waals surface area contributed by atoms with Crippen molar-refractivity contribution in [1.82, 2.24) is 4.90 Å². The Kier molecular flexibility index (Phi) is 4.35. The van der Waals surface area contributed by atoms with Crippen molar-refractivity contribution in [3.63, 3.8) is 0 Å². The standard InChI is InChI=1S/C14H22N2O2/c1-5-16(9-14(3,4)18)13(17)12-8-11(15)7-6-10(12)2/h6-8,18H,5,9,15H2,1-4H3. The number of aliphatic hydroxyl groups is 1. The minimum Gasteiger partial charge on any atom is -0.399 e. The molecule has 0 aliphatic rings. The molecule has 4 nitrogen and oxygen atoms in total. The molecule has 1 aromatic carbocycles. The zero-order valence-electron chi connectivity index (χ0n) is 11.5. The van der Waals surface area contributed by atoms with Gasteiger partial charge in [0.15, 0.2) is 0 Å². The van der Waals surface area contributed by atoms with Crippen LogP contribution in [0.2, 0.25) is 0 Å². The van der Waals surface area contributed by atoms with E-state index in [1.54, 1.807) is 30.9 Å². The number of nitrogens with zero attached hydrogens (tertiary/aromatic N) is 1. The molecule has 0 saturated heterocycles. The highest BCUT2D eigenvalue weighted by Gasteiger charge is 2.23. The van der Waals surface area contributed by atoms with Crippen molar-refractivity contribution in [3.8, 4) is 0 Å². The molecule has 0 heterocycles. The number of carbonyl (C=O) groups excluding carboxylic acids is 1. The summed E-state index contributed by atoms with van der Waals surface area (Å²) in [7, 11) is 0. The maximum Gasteiger partial charge on any atom is 0.254 e. The van der Waals surface area contributed by atoms with Gasteiger partial charge in [-0.2, -0.15) is 0 Å². The summed E-state index contributed by atoms with van der Waals surface area (Å²) in [5, 5.41) is 9.82. The van der Waals surface area contributed by atoms with Crippen LogP contribution < -0.4 is 5.73 Å². The van der Waals surface area contributed by atoms with Crippen LogP contribution in [-0.4, -0.2) is 34.6 Å². The minimum atomic E-state index is -0.903. The van der Waals surface area contributed by atoms with Gasteiger partial charge in [-0.1, -0.05) is 6.07 Å². The fourth-order valence-electron chi connectivity index (χ4n) is 1.83. The van der Waals surface area contributed by atoms with Crippen LogP contribution in [0.5, 0.6) is 0 Å². The molecule has 0 saturated carbocycles. The van der Waals surface area contributed by atoms with Crippen molar-refractivity contribution in [2.24, 2.45) is 0 Å². The number of hydrogen-bond acceptors (Lipinski definition) is 3. The van der Waals surface area contributed by atoms with Gasteiger partial charge >= 0.3 is 0 Å². The molecule has 0 fully saturated rings. The molecule has 100 valence electrons. The third-order valence-corrected chi connectivity index (χ3v) is 2.74. The van der Waals surface area contributed by atoms with Crippen LogP contribution in [0.3, 0.4) is 0 Å². The van der Waals surface area contributed by atoms with Crippen molar-refractivity contribution in [2.75, 3.05) is 18.8 Å². The summed E-state index contributed by atoms with van der Waals surface area (Å²) in [5.41, 5.74) is 6.87. The molecule has 1 aromatic rings. The van der Waals surface area contributed by atoms with Gasteiger partial charge in [0.25, 0.3) is 5.91 Å². The molecule has 0 aromatic heterocycles. The average molecular weight is 250 g/mol. The second-order valence-electron chi connectivity index (χ2n) is 5.21. The van der Waals surface area contributed by atoms with E-state index in [1.165, 1.54) is 0 Å². The van der Waals surface area contributed by atoms with E-state index in [9.17, 15) is 9.90 Å². The van der Waals surface area contributed by atoms with Gasteiger partial charge in [0, 0.05) is 24.3 Å². The number of benzene rings is 1. The highest BCUT2D eigenvalue weighted by atomic mass is 16.3. The summed E-state index contributed by atoms with van der Waals surface area (Å²) in [4.78, 5) is 14.0. The third-order valence-electron chi connectivity index (χ3n) is 2.74. The van der Waals surface area contributed by atoms with E-state index < -0.39 is 5.60 Å². The topological polar surface area (TPSA) is 66.6 Å². The molecule has 0 spiro atoms. The average Bonchev–Trinajstić information content (AvgIpc) is 2.27. The Morgan fingerprint density at radius 1 is 1.44 bits per heavy atom. The number of carbonyl (C=O) groups is 1. The summed E-state index contributed by atoms with van der Waals surface area (Å²) in [5.74, 6) is -0.0931. The fourth-order valence-corrected chi connectivity index (χ4v) is 1.83. The third kappa shape index (κ3) is 3.74. The number of nitrogens with two attached hydrogens (primary N) is 1. The second kappa shape index (κ2) is 5.40. The Balaban J connectivity index is 3.00. The first kappa shape index (κ1) is 14.5. The number of likely N-dealkylation sites (N-methyl/N-ethyl adjacent to an activating group) is 1. The van der Waals surface area contributed by atoms with Gasteiger partial charge in [-0.3, -0.25) is 4.79 Å². The van der Waals surface area contributed by atoms with E-state index in [4.69, 9.17) is 5.73 Å². The second-order valence-corrected chi connectivity index (χ2v) is 5.21.